The Morgan fingerprint density at radius 3 is 2.47 bits per heavy atom. The quantitative estimate of drug-likeness (QED) is 0.657. The molecule has 32 heavy (non-hydrogen) atoms. The van der Waals surface area contributed by atoms with Crippen molar-refractivity contribution in [2.24, 2.45) is 0 Å². The van der Waals surface area contributed by atoms with Gasteiger partial charge < -0.3 is 29.7 Å². The number of hydrogen-bond donors (Lipinski definition) is 2. The fourth-order valence-corrected chi connectivity index (χ4v) is 3.17. The molecule has 0 aliphatic carbocycles. The van der Waals surface area contributed by atoms with Gasteiger partial charge in [0.1, 0.15) is 22.9 Å². The van der Waals surface area contributed by atoms with Gasteiger partial charge >= 0.3 is 6.18 Å². The van der Waals surface area contributed by atoms with E-state index >= 15 is 0 Å². The molecule has 0 bridgehead atoms. The minimum Gasteiger partial charge on any atom is -0.496 e. The molecule has 2 N–H and O–H groups in total. The van der Waals surface area contributed by atoms with Gasteiger partial charge in [-0.05, 0) is 13.0 Å². The van der Waals surface area contributed by atoms with Gasteiger partial charge in [0.25, 0.3) is 5.91 Å². The molecule has 0 radical (unpaired) electrons. The standard InChI is InChI=1S/C20H24F3N5O4/c1-4-24-17-13(20(21,22)23)11-25-19(27-17)26-14-10-15(30-2)12(9-16(14)31-3)18(29)28-5-7-32-8-6-28/h9-11H,4-8H2,1-3H3,(H2,24,25,26,27). The number of hydrogen-bond acceptors (Lipinski definition) is 8. The topological polar surface area (TPSA) is 97.8 Å². The third kappa shape index (κ3) is 5.13. The van der Waals surface area contributed by atoms with E-state index < -0.39 is 11.7 Å². The maximum absolute atomic E-state index is 13.2. The van der Waals surface area contributed by atoms with Crippen LogP contribution in [0, 0.1) is 0 Å². The Balaban J connectivity index is 1.94. The predicted molar refractivity (Wildman–Crippen MR) is 111 cm³/mol. The highest BCUT2D eigenvalue weighted by Gasteiger charge is 2.35. The third-order valence-electron chi connectivity index (χ3n) is 4.74. The van der Waals surface area contributed by atoms with Crippen LogP contribution in [0.4, 0.5) is 30.6 Å². The molecule has 0 atom stereocenters. The summed E-state index contributed by atoms with van der Waals surface area (Å²) in [5, 5.41) is 5.43. The van der Waals surface area contributed by atoms with Crippen molar-refractivity contribution in [3.05, 3.63) is 29.5 Å². The summed E-state index contributed by atoms with van der Waals surface area (Å²) in [6.45, 7) is 3.71. The lowest BCUT2D eigenvalue weighted by atomic mass is 10.1. The molecule has 1 aromatic heterocycles. The highest BCUT2D eigenvalue weighted by Crippen LogP contribution is 2.37. The number of nitrogens with one attached hydrogen (secondary N) is 2. The van der Waals surface area contributed by atoms with E-state index in [2.05, 4.69) is 20.6 Å². The first kappa shape index (κ1) is 23.4. The van der Waals surface area contributed by atoms with Crippen LogP contribution in [0.1, 0.15) is 22.8 Å². The van der Waals surface area contributed by atoms with E-state index in [0.29, 0.717) is 43.8 Å². The molecule has 0 spiro atoms. The molecule has 0 saturated carbocycles. The molecule has 1 aliphatic rings. The lowest BCUT2D eigenvalue weighted by Crippen LogP contribution is -2.40. The fraction of sp³-hybridized carbons (Fsp3) is 0.450. The molecule has 2 heterocycles. The van der Waals surface area contributed by atoms with E-state index in [4.69, 9.17) is 14.2 Å². The Labute approximate surface area is 182 Å². The third-order valence-corrected chi connectivity index (χ3v) is 4.74. The molecular weight excluding hydrogens is 431 g/mol. The number of carbonyl (C=O) groups is 1. The maximum atomic E-state index is 13.2. The second-order valence-corrected chi connectivity index (χ2v) is 6.77. The SMILES string of the molecule is CCNc1nc(Nc2cc(OC)c(C(=O)N3CCOCC3)cc2OC)ncc1C(F)(F)F. The summed E-state index contributed by atoms with van der Waals surface area (Å²) in [5.41, 5.74) is -0.357. The molecule has 1 aromatic carbocycles. The number of halogens is 3. The zero-order valence-electron chi connectivity index (χ0n) is 17.9. The number of benzene rings is 1. The molecule has 9 nitrogen and oxygen atoms in total. The molecule has 2 aromatic rings. The summed E-state index contributed by atoms with van der Waals surface area (Å²) in [5.74, 6) is -0.126. The Morgan fingerprint density at radius 1 is 1.19 bits per heavy atom. The van der Waals surface area contributed by atoms with Gasteiger partial charge in [0.05, 0.1) is 38.7 Å². The summed E-state index contributed by atoms with van der Waals surface area (Å²) in [6.07, 6.45) is -3.90. The molecule has 174 valence electrons. The van der Waals surface area contributed by atoms with Gasteiger partial charge in [0.2, 0.25) is 5.95 Å². The zero-order chi connectivity index (χ0) is 23.3. The van der Waals surface area contributed by atoms with Crippen molar-refractivity contribution in [3.63, 3.8) is 0 Å². The first-order valence-electron chi connectivity index (χ1n) is 9.86. The monoisotopic (exact) mass is 455 g/mol. The fourth-order valence-electron chi connectivity index (χ4n) is 3.17. The van der Waals surface area contributed by atoms with Gasteiger partial charge in [-0.15, -0.1) is 0 Å². The smallest absolute Gasteiger partial charge is 0.421 e. The van der Waals surface area contributed by atoms with E-state index in [1.54, 1.807) is 11.8 Å². The Morgan fingerprint density at radius 2 is 1.88 bits per heavy atom. The van der Waals surface area contributed by atoms with Crippen LogP contribution in [-0.4, -0.2) is 67.8 Å². The molecule has 0 unspecified atom stereocenters. The lowest BCUT2D eigenvalue weighted by molar-refractivity contribution is -0.137. The van der Waals surface area contributed by atoms with Gasteiger partial charge in [-0.25, -0.2) is 4.98 Å². The molecule has 1 saturated heterocycles. The summed E-state index contributed by atoms with van der Waals surface area (Å²) >= 11 is 0. The van der Waals surface area contributed by atoms with Crippen LogP contribution in [0.2, 0.25) is 0 Å². The van der Waals surface area contributed by atoms with Crippen molar-refractivity contribution in [3.8, 4) is 11.5 Å². The van der Waals surface area contributed by atoms with Crippen molar-refractivity contribution in [1.29, 1.82) is 0 Å². The lowest BCUT2D eigenvalue weighted by Gasteiger charge is -2.27. The van der Waals surface area contributed by atoms with Crippen LogP contribution < -0.4 is 20.1 Å². The van der Waals surface area contributed by atoms with Gasteiger partial charge in [-0.1, -0.05) is 0 Å². The van der Waals surface area contributed by atoms with E-state index in [1.165, 1.54) is 26.4 Å². The molecule has 1 aliphatic heterocycles. The Hall–Kier alpha value is -3.28. The number of aromatic nitrogens is 2. The highest BCUT2D eigenvalue weighted by atomic mass is 19.4. The number of anilines is 3. The first-order chi connectivity index (χ1) is 15.3. The number of alkyl halides is 3. The van der Waals surface area contributed by atoms with Crippen LogP contribution in [0.5, 0.6) is 11.5 Å². The number of nitrogens with zero attached hydrogens (tertiary/aromatic N) is 3. The largest absolute Gasteiger partial charge is 0.496 e. The number of morpholine rings is 1. The van der Waals surface area contributed by atoms with Crippen LogP contribution in [0.25, 0.3) is 0 Å². The zero-order valence-corrected chi connectivity index (χ0v) is 17.9. The number of rotatable bonds is 7. The summed E-state index contributed by atoms with van der Waals surface area (Å²) in [4.78, 5) is 22.3. The Kier molecular flexibility index (Phi) is 7.23. The summed E-state index contributed by atoms with van der Waals surface area (Å²) in [7, 11) is 2.83. The molecule has 1 fully saturated rings. The molecule has 3 rings (SSSR count). The number of methoxy groups -OCH3 is 2. The van der Waals surface area contributed by atoms with Crippen molar-refractivity contribution < 1.29 is 32.2 Å². The van der Waals surface area contributed by atoms with E-state index in [1.807, 2.05) is 0 Å². The van der Waals surface area contributed by atoms with Gasteiger partial charge in [-0.3, -0.25) is 4.79 Å². The first-order valence-corrected chi connectivity index (χ1v) is 9.86. The normalized spacial score (nSPS) is 14.1. The van der Waals surface area contributed by atoms with Gasteiger partial charge in [0.15, 0.2) is 0 Å². The number of amides is 1. The molecule has 12 heteroatoms. The molecular formula is C20H24F3N5O4. The van der Waals surface area contributed by atoms with Crippen LogP contribution in [0.15, 0.2) is 18.3 Å². The highest BCUT2D eigenvalue weighted by molar-refractivity contribution is 5.98. The van der Waals surface area contributed by atoms with Crippen molar-refractivity contribution in [2.45, 2.75) is 13.1 Å². The number of ether oxygens (including phenoxy) is 3. The number of carbonyl (C=O) groups excluding carboxylic acids is 1. The van der Waals surface area contributed by atoms with Crippen LogP contribution >= 0.6 is 0 Å². The van der Waals surface area contributed by atoms with Crippen LogP contribution in [0.3, 0.4) is 0 Å². The van der Waals surface area contributed by atoms with Gasteiger partial charge in [0, 0.05) is 31.9 Å². The van der Waals surface area contributed by atoms with Crippen LogP contribution in [-0.2, 0) is 10.9 Å². The minimum atomic E-state index is -4.60. The van der Waals surface area contributed by atoms with E-state index in [-0.39, 0.29) is 35.7 Å². The van der Waals surface area contributed by atoms with E-state index in [0.717, 1.165) is 0 Å². The Bertz CT molecular complexity index is 965. The van der Waals surface area contributed by atoms with Crippen molar-refractivity contribution >= 4 is 23.4 Å². The maximum Gasteiger partial charge on any atom is 0.421 e. The second kappa shape index (κ2) is 9.90. The van der Waals surface area contributed by atoms with E-state index in [9.17, 15) is 18.0 Å². The van der Waals surface area contributed by atoms with Crippen molar-refractivity contribution in [2.75, 3.05) is 57.7 Å². The average Bonchev–Trinajstić information content (AvgIpc) is 2.78. The average molecular weight is 455 g/mol. The minimum absolute atomic E-state index is 0.0819. The summed E-state index contributed by atoms with van der Waals surface area (Å²) < 4.78 is 55.7. The van der Waals surface area contributed by atoms with Gasteiger partial charge in [-0.2, -0.15) is 18.2 Å². The second-order valence-electron chi connectivity index (χ2n) is 6.77. The predicted octanol–water partition coefficient (Wildman–Crippen LogP) is 3.16. The van der Waals surface area contributed by atoms with Crippen molar-refractivity contribution in [1.82, 2.24) is 14.9 Å². The summed E-state index contributed by atoms with van der Waals surface area (Å²) in [6, 6.07) is 3.02. The molecule has 1 amide bonds.